The molecule has 0 atom stereocenters. The Morgan fingerprint density at radius 2 is 2.04 bits per heavy atom. The number of aryl methyl sites for hydroxylation is 1. The van der Waals surface area contributed by atoms with Crippen molar-refractivity contribution < 1.29 is 9.53 Å². The van der Waals surface area contributed by atoms with Crippen LogP contribution in [0.5, 0.6) is 0 Å². The number of aromatic nitrogens is 1. The zero-order valence-electron chi connectivity index (χ0n) is 14.0. The summed E-state index contributed by atoms with van der Waals surface area (Å²) in [5, 5.41) is 7.53. The number of hydrogen-bond acceptors (Lipinski definition) is 5. The first-order chi connectivity index (χ1) is 11.1. The Labute approximate surface area is 169 Å². The minimum Gasteiger partial charge on any atom is -0.383 e. The van der Waals surface area contributed by atoms with Crippen molar-refractivity contribution >= 4 is 53.7 Å². The predicted molar refractivity (Wildman–Crippen MR) is 109 cm³/mol. The number of hydrogen-bond donors (Lipinski definition) is 2. The maximum absolute atomic E-state index is 12.2. The third-order valence-electron chi connectivity index (χ3n) is 3.14. The second kappa shape index (κ2) is 12.5. The number of carbonyl (C=O) groups is 1. The average Bonchev–Trinajstić information content (AvgIpc) is 2.92. The molecule has 0 aliphatic carbocycles. The Hall–Kier alpha value is -0.890. The summed E-state index contributed by atoms with van der Waals surface area (Å²) in [7, 11) is 1.66. The van der Waals surface area contributed by atoms with E-state index in [-0.39, 0.29) is 30.7 Å². The summed E-state index contributed by atoms with van der Waals surface area (Å²) < 4.78 is 4.94. The van der Waals surface area contributed by atoms with Gasteiger partial charge in [-0.25, -0.2) is 4.98 Å². The maximum Gasteiger partial charge on any atom is 0.263 e. The van der Waals surface area contributed by atoms with Crippen LogP contribution < -0.4 is 10.6 Å². The van der Waals surface area contributed by atoms with Crippen LogP contribution in [0.2, 0.25) is 5.02 Å². The van der Waals surface area contributed by atoms with E-state index in [9.17, 15) is 4.79 Å². The summed E-state index contributed by atoms with van der Waals surface area (Å²) in [5.41, 5.74) is 1.65. The summed E-state index contributed by atoms with van der Waals surface area (Å²) >= 11 is 7.39. The molecule has 140 valence electrons. The number of methoxy groups -OCH3 is 1. The quantitative estimate of drug-likeness (QED) is 0.633. The predicted octanol–water partition coefficient (Wildman–Crippen LogP) is 3.58. The monoisotopic (exact) mass is 425 g/mol. The molecular formula is C16H22Cl3N3O2S. The Morgan fingerprint density at radius 1 is 1.28 bits per heavy atom. The largest absolute Gasteiger partial charge is 0.383 e. The SMILES string of the molecule is COCCNCCNC(=O)c1sc(-c2cccc(Cl)c2)nc1C.Cl.Cl. The Balaban J connectivity index is 0.00000288. The highest BCUT2D eigenvalue weighted by molar-refractivity contribution is 7.17. The maximum atomic E-state index is 12.2. The third kappa shape index (κ3) is 7.48. The van der Waals surface area contributed by atoms with Crippen molar-refractivity contribution in [2.24, 2.45) is 0 Å². The number of thiazole rings is 1. The van der Waals surface area contributed by atoms with Crippen molar-refractivity contribution in [2.45, 2.75) is 6.92 Å². The van der Waals surface area contributed by atoms with Gasteiger partial charge in [-0.15, -0.1) is 36.2 Å². The average molecular weight is 427 g/mol. The van der Waals surface area contributed by atoms with Gasteiger partial charge < -0.3 is 15.4 Å². The number of carbonyl (C=O) groups excluding carboxylic acids is 1. The Bertz CT molecular complexity index is 668. The first kappa shape index (κ1) is 24.1. The van der Waals surface area contributed by atoms with Crippen LogP contribution in [0.15, 0.2) is 24.3 Å². The van der Waals surface area contributed by atoms with E-state index in [1.165, 1.54) is 11.3 Å². The van der Waals surface area contributed by atoms with Gasteiger partial charge in [0.15, 0.2) is 0 Å². The van der Waals surface area contributed by atoms with Gasteiger partial charge in [-0.3, -0.25) is 4.79 Å². The van der Waals surface area contributed by atoms with Crippen molar-refractivity contribution in [3.05, 3.63) is 39.9 Å². The van der Waals surface area contributed by atoms with Crippen molar-refractivity contribution in [1.29, 1.82) is 0 Å². The Morgan fingerprint density at radius 3 is 2.72 bits per heavy atom. The normalized spacial score (nSPS) is 9.88. The molecule has 1 aromatic heterocycles. The van der Waals surface area contributed by atoms with E-state index in [4.69, 9.17) is 16.3 Å². The van der Waals surface area contributed by atoms with E-state index in [2.05, 4.69) is 15.6 Å². The minimum atomic E-state index is -0.0955. The van der Waals surface area contributed by atoms with Crippen molar-refractivity contribution in [3.8, 4) is 10.6 Å². The van der Waals surface area contributed by atoms with Crippen LogP contribution in [0, 0.1) is 6.92 Å². The van der Waals surface area contributed by atoms with E-state index >= 15 is 0 Å². The summed E-state index contributed by atoms with van der Waals surface area (Å²) in [6.45, 7) is 4.53. The standard InChI is InChI=1S/C16H20ClN3O2S.2ClH/c1-11-14(15(21)19-7-6-18-8-9-22-2)23-16(20-11)12-4-3-5-13(17)10-12;;/h3-5,10,18H,6-9H2,1-2H3,(H,19,21);2*1H. The highest BCUT2D eigenvalue weighted by atomic mass is 35.5. The molecule has 0 fully saturated rings. The van der Waals surface area contributed by atoms with Gasteiger partial charge in [0, 0.05) is 37.3 Å². The minimum absolute atomic E-state index is 0. The fourth-order valence-electron chi connectivity index (χ4n) is 2.00. The summed E-state index contributed by atoms with van der Waals surface area (Å²) in [6.07, 6.45) is 0. The first-order valence-electron chi connectivity index (χ1n) is 7.33. The third-order valence-corrected chi connectivity index (χ3v) is 4.59. The van der Waals surface area contributed by atoms with Gasteiger partial charge in [-0.1, -0.05) is 23.7 Å². The van der Waals surface area contributed by atoms with E-state index in [0.717, 1.165) is 22.8 Å². The van der Waals surface area contributed by atoms with Crippen LogP contribution in [-0.2, 0) is 4.74 Å². The van der Waals surface area contributed by atoms with Gasteiger partial charge >= 0.3 is 0 Å². The molecule has 0 saturated heterocycles. The van der Waals surface area contributed by atoms with Gasteiger partial charge in [0.1, 0.15) is 9.88 Å². The molecule has 2 N–H and O–H groups in total. The molecule has 2 aromatic rings. The molecule has 1 amide bonds. The van der Waals surface area contributed by atoms with Gasteiger partial charge in [0.05, 0.1) is 12.3 Å². The van der Waals surface area contributed by atoms with E-state index < -0.39 is 0 Å². The lowest BCUT2D eigenvalue weighted by molar-refractivity contribution is 0.0957. The number of nitrogens with one attached hydrogen (secondary N) is 2. The molecule has 0 unspecified atom stereocenters. The molecule has 0 aliphatic heterocycles. The van der Waals surface area contributed by atoms with E-state index in [0.29, 0.717) is 29.6 Å². The summed E-state index contributed by atoms with van der Waals surface area (Å²) in [4.78, 5) is 17.4. The van der Waals surface area contributed by atoms with Crippen molar-refractivity contribution in [2.75, 3.05) is 33.4 Å². The van der Waals surface area contributed by atoms with Gasteiger partial charge in [-0.2, -0.15) is 0 Å². The molecule has 0 radical (unpaired) electrons. The van der Waals surface area contributed by atoms with Crippen LogP contribution in [0.1, 0.15) is 15.4 Å². The molecule has 2 rings (SSSR count). The second-order valence-electron chi connectivity index (χ2n) is 4.94. The van der Waals surface area contributed by atoms with Gasteiger partial charge in [-0.05, 0) is 19.1 Å². The lowest BCUT2D eigenvalue weighted by atomic mass is 10.2. The zero-order valence-corrected chi connectivity index (χ0v) is 17.2. The molecule has 25 heavy (non-hydrogen) atoms. The van der Waals surface area contributed by atoms with Gasteiger partial charge in [0.2, 0.25) is 0 Å². The molecule has 5 nitrogen and oxygen atoms in total. The highest BCUT2D eigenvalue weighted by Gasteiger charge is 2.15. The summed E-state index contributed by atoms with van der Waals surface area (Å²) in [5.74, 6) is -0.0955. The molecular weight excluding hydrogens is 405 g/mol. The van der Waals surface area contributed by atoms with E-state index in [1.54, 1.807) is 7.11 Å². The fourth-order valence-corrected chi connectivity index (χ4v) is 3.17. The Kier molecular flexibility index (Phi) is 12.0. The second-order valence-corrected chi connectivity index (χ2v) is 6.38. The lowest BCUT2D eigenvalue weighted by Crippen LogP contribution is -2.33. The number of benzene rings is 1. The molecule has 0 bridgehead atoms. The number of ether oxygens (including phenoxy) is 1. The van der Waals surface area contributed by atoms with Crippen molar-refractivity contribution in [1.82, 2.24) is 15.6 Å². The smallest absolute Gasteiger partial charge is 0.263 e. The molecule has 0 aliphatic rings. The first-order valence-corrected chi connectivity index (χ1v) is 8.52. The highest BCUT2D eigenvalue weighted by Crippen LogP contribution is 2.29. The molecule has 0 spiro atoms. The lowest BCUT2D eigenvalue weighted by Gasteiger charge is -2.05. The van der Waals surface area contributed by atoms with Crippen LogP contribution in [0.3, 0.4) is 0 Å². The van der Waals surface area contributed by atoms with Crippen LogP contribution in [0.4, 0.5) is 0 Å². The van der Waals surface area contributed by atoms with Crippen LogP contribution in [0.25, 0.3) is 10.6 Å². The number of nitrogens with zero attached hydrogens (tertiary/aromatic N) is 1. The van der Waals surface area contributed by atoms with Crippen LogP contribution >= 0.6 is 47.8 Å². The molecule has 0 saturated carbocycles. The topological polar surface area (TPSA) is 63.2 Å². The molecule has 9 heteroatoms. The number of halogens is 3. The number of rotatable bonds is 8. The molecule has 1 aromatic carbocycles. The van der Waals surface area contributed by atoms with Gasteiger partial charge in [0.25, 0.3) is 5.91 Å². The summed E-state index contributed by atoms with van der Waals surface area (Å²) in [6, 6.07) is 7.47. The fraction of sp³-hybridized carbons (Fsp3) is 0.375. The zero-order chi connectivity index (χ0) is 16.7. The van der Waals surface area contributed by atoms with Crippen molar-refractivity contribution in [3.63, 3.8) is 0 Å². The van der Waals surface area contributed by atoms with E-state index in [1.807, 2.05) is 31.2 Å². The van der Waals surface area contributed by atoms with Crippen LogP contribution in [-0.4, -0.2) is 44.2 Å². The number of amides is 1. The molecule has 1 heterocycles.